The molecule has 134 valence electrons. The lowest BCUT2D eigenvalue weighted by atomic mass is 9.96. The van der Waals surface area contributed by atoms with Gasteiger partial charge >= 0.3 is 0 Å². The van der Waals surface area contributed by atoms with E-state index in [4.69, 9.17) is 0 Å². The number of thioether (sulfide) groups is 1. The molecule has 1 heterocycles. The molecule has 0 atom stereocenters. The molecule has 0 bridgehead atoms. The predicted molar refractivity (Wildman–Crippen MR) is 102 cm³/mol. The van der Waals surface area contributed by atoms with E-state index in [0.717, 1.165) is 10.3 Å². The summed E-state index contributed by atoms with van der Waals surface area (Å²) in [5, 5.41) is 12.8. The number of nitrogens with zero attached hydrogens (tertiary/aromatic N) is 2. The molecule has 25 heavy (non-hydrogen) atoms. The Labute approximate surface area is 158 Å². The van der Waals surface area contributed by atoms with Gasteiger partial charge in [-0.3, -0.25) is 14.7 Å². The number of carbonyl (C=O) groups is 2. The van der Waals surface area contributed by atoms with E-state index >= 15 is 0 Å². The van der Waals surface area contributed by atoms with E-state index in [0.29, 0.717) is 10.8 Å². The monoisotopic (exact) mass is 425 g/mol. The molecule has 0 saturated heterocycles. The van der Waals surface area contributed by atoms with Gasteiger partial charge in [-0.15, -0.1) is 5.10 Å². The van der Waals surface area contributed by atoms with E-state index < -0.39 is 0 Å². The summed E-state index contributed by atoms with van der Waals surface area (Å²) in [7, 11) is 0. The predicted octanol–water partition coefficient (Wildman–Crippen LogP) is 2.71. The SMILES string of the molecule is CC(C)(C)c1nc(SCC(=O)NCC(=O)Nc2ccccc2Br)n[nH]1. The zero-order chi connectivity index (χ0) is 18.4. The van der Waals surface area contributed by atoms with E-state index in [1.165, 1.54) is 11.8 Å². The van der Waals surface area contributed by atoms with Gasteiger partial charge in [0.1, 0.15) is 5.82 Å². The van der Waals surface area contributed by atoms with E-state index in [2.05, 4.69) is 41.7 Å². The van der Waals surface area contributed by atoms with E-state index in [1.54, 1.807) is 6.07 Å². The van der Waals surface area contributed by atoms with Crippen molar-refractivity contribution in [2.24, 2.45) is 0 Å². The number of aromatic nitrogens is 3. The van der Waals surface area contributed by atoms with Crippen molar-refractivity contribution in [3.8, 4) is 0 Å². The summed E-state index contributed by atoms with van der Waals surface area (Å²) in [6, 6.07) is 7.27. The summed E-state index contributed by atoms with van der Waals surface area (Å²) in [5.41, 5.74) is 0.532. The van der Waals surface area contributed by atoms with Crippen LogP contribution in [0.2, 0.25) is 0 Å². The summed E-state index contributed by atoms with van der Waals surface area (Å²) >= 11 is 4.57. The molecule has 0 aliphatic heterocycles. The largest absolute Gasteiger partial charge is 0.346 e. The number of hydrogen-bond acceptors (Lipinski definition) is 5. The van der Waals surface area contributed by atoms with Gasteiger partial charge in [0.25, 0.3) is 0 Å². The summed E-state index contributed by atoms with van der Waals surface area (Å²) in [4.78, 5) is 28.1. The van der Waals surface area contributed by atoms with Gasteiger partial charge in [-0.1, -0.05) is 44.7 Å². The molecule has 0 saturated carbocycles. The number of hydrogen-bond donors (Lipinski definition) is 3. The standard InChI is InChI=1S/C16H20BrN5O2S/c1-16(2,3)14-20-15(22-21-14)25-9-13(24)18-8-12(23)19-11-7-5-4-6-10(11)17/h4-7H,8-9H2,1-3H3,(H,18,24)(H,19,23)(H,20,21,22). The molecule has 7 nitrogen and oxygen atoms in total. The summed E-state index contributed by atoms with van der Waals surface area (Å²) < 4.78 is 0.782. The second-order valence-corrected chi connectivity index (χ2v) is 8.11. The molecule has 0 radical (unpaired) electrons. The smallest absolute Gasteiger partial charge is 0.243 e. The van der Waals surface area contributed by atoms with Crippen LogP contribution >= 0.6 is 27.7 Å². The molecule has 9 heteroatoms. The molecular formula is C16H20BrN5O2S. The van der Waals surface area contributed by atoms with Crippen molar-refractivity contribution < 1.29 is 9.59 Å². The van der Waals surface area contributed by atoms with Crippen LogP contribution in [0.5, 0.6) is 0 Å². The number of benzene rings is 1. The van der Waals surface area contributed by atoms with Crippen molar-refractivity contribution in [3.63, 3.8) is 0 Å². The van der Waals surface area contributed by atoms with Crippen molar-refractivity contribution in [3.05, 3.63) is 34.6 Å². The highest BCUT2D eigenvalue weighted by molar-refractivity contribution is 9.10. The number of amides is 2. The molecule has 1 aromatic carbocycles. The quantitative estimate of drug-likeness (QED) is 0.617. The fourth-order valence-electron chi connectivity index (χ4n) is 1.76. The number of carbonyl (C=O) groups excluding carboxylic acids is 2. The number of H-pyrrole nitrogens is 1. The third-order valence-corrected chi connectivity index (χ3v) is 4.64. The molecule has 0 aliphatic carbocycles. The third-order valence-electron chi connectivity index (χ3n) is 3.10. The Morgan fingerprint density at radius 2 is 1.96 bits per heavy atom. The Balaban J connectivity index is 1.74. The van der Waals surface area contributed by atoms with E-state index in [9.17, 15) is 9.59 Å². The zero-order valence-corrected chi connectivity index (χ0v) is 16.6. The van der Waals surface area contributed by atoms with Crippen molar-refractivity contribution in [1.29, 1.82) is 0 Å². The molecule has 3 N–H and O–H groups in total. The molecule has 0 aliphatic rings. The molecule has 0 spiro atoms. The minimum absolute atomic E-state index is 0.0953. The minimum atomic E-state index is -0.293. The number of halogens is 1. The maximum Gasteiger partial charge on any atom is 0.243 e. The molecule has 2 aromatic rings. The number of rotatable bonds is 6. The first-order chi connectivity index (χ1) is 11.8. The Bertz CT molecular complexity index is 757. The second kappa shape index (κ2) is 8.48. The first kappa shape index (κ1) is 19.5. The normalized spacial score (nSPS) is 11.2. The van der Waals surface area contributed by atoms with Crippen molar-refractivity contribution in [2.75, 3.05) is 17.6 Å². The van der Waals surface area contributed by atoms with Gasteiger partial charge < -0.3 is 10.6 Å². The van der Waals surface area contributed by atoms with Crippen LogP contribution in [0.1, 0.15) is 26.6 Å². The van der Waals surface area contributed by atoms with Gasteiger partial charge in [-0.05, 0) is 28.1 Å². The number of anilines is 1. The van der Waals surface area contributed by atoms with Gasteiger partial charge in [0.2, 0.25) is 17.0 Å². The van der Waals surface area contributed by atoms with Gasteiger partial charge in [0.05, 0.1) is 18.0 Å². The molecule has 2 rings (SSSR count). The second-order valence-electron chi connectivity index (χ2n) is 6.31. The van der Waals surface area contributed by atoms with Crippen molar-refractivity contribution >= 4 is 45.2 Å². The molecular weight excluding hydrogens is 406 g/mol. The Kier molecular flexibility index (Phi) is 6.60. The zero-order valence-electron chi connectivity index (χ0n) is 14.2. The van der Waals surface area contributed by atoms with Crippen LogP contribution in [-0.2, 0) is 15.0 Å². The number of nitrogens with one attached hydrogen (secondary N) is 3. The van der Waals surface area contributed by atoms with Crippen LogP contribution in [0.3, 0.4) is 0 Å². The van der Waals surface area contributed by atoms with Crippen LogP contribution in [0.25, 0.3) is 0 Å². The highest BCUT2D eigenvalue weighted by atomic mass is 79.9. The Morgan fingerprint density at radius 1 is 1.24 bits per heavy atom. The maximum absolute atomic E-state index is 11.9. The number of para-hydroxylation sites is 1. The third kappa shape index (κ3) is 6.17. The molecule has 1 aromatic heterocycles. The summed E-state index contributed by atoms with van der Waals surface area (Å²) in [6.45, 7) is 5.98. The van der Waals surface area contributed by atoms with Crippen LogP contribution in [0.15, 0.2) is 33.9 Å². The van der Waals surface area contributed by atoms with Crippen molar-refractivity contribution in [2.45, 2.75) is 31.3 Å². The van der Waals surface area contributed by atoms with E-state index in [-0.39, 0.29) is 29.5 Å². The van der Waals surface area contributed by atoms with Gasteiger partial charge in [-0.25, -0.2) is 4.98 Å². The fourth-order valence-corrected chi connectivity index (χ4v) is 2.78. The Hall–Kier alpha value is -1.87. The van der Waals surface area contributed by atoms with Gasteiger partial charge in [-0.2, -0.15) is 0 Å². The maximum atomic E-state index is 11.9. The highest BCUT2D eigenvalue weighted by Crippen LogP contribution is 2.21. The lowest BCUT2D eigenvalue weighted by Gasteiger charge is -2.12. The van der Waals surface area contributed by atoms with Gasteiger partial charge in [0.15, 0.2) is 0 Å². The topological polar surface area (TPSA) is 99.8 Å². The lowest BCUT2D eigenvalue weighted by molar-refractivity contribution is -0.122. The van der Waals surface area contributed by atoms with Crippen LogP contribution in [-0.4, -0.2) is 39.3 Å². The average molecular weight is 426 g/mol. The lowest BCUT2D eigenvalue weighted by Crippen LogP contribution is -2.34. The fraction of sp³-hybridized carbons (Fsp3) is 0.375. The molecule has 0 fully saturated rings. The first-order valence-electron chi connectivity index (χ1n) is 7.62. The van der Waals surface area contributed by atoms with E-state index in [1.807, 2.05) is 39.0 Å². The van der Waals surface area contributed by atoms with Crippen LogP contribution < -0.4 is 10.6 Å². The summed E-state index contributed by atoms with van der Waals surface area (Å²) in [6.07, 6.45) is 0. The average Bonchev–Trinajstić information content (AvgIpc) is 3.02. The van der Waals surface area contributed by atoms with Crippen LogP contribution in [0, 0.1) is 0 Å². The van der Waals surface area contributed by atoms with Crippen molar-refractivity contribution in [1.82, 2.24) is 20.5 Å². The number of aromatic amines is 1. The molecule has 0 unspecified atom stereocenters. The van der Waals surface area contributed by atoms with Crippen LogP contribution in [0.4, 0.5) is 5.69 Å². The molecule has 2 amide bonds. The summed E-state index contributed by atoms with van der Waals surface area (Å²) in [5.74, 6) is 0.361. The highest BCUT2D eigenvalue weighted by Gasteiger charge is 2.19. The minimum Gasteiger partial charge on any atom is -0.346 e. The first-order valence-corrected chi connectivity index (χ1v) is 9.40. The van der Waals surface area contributed by atoms with Gasteiger partial charge in [0, 0.05) is 9.89 Å². The Morgan fingerprint density at radius 3 is 2.60 bits per heavy atom.